The molecule has 0 aromatic carbocycles. The maximum Gasteiger partial charge on any atom is 0.150 e. The minimum Gasteiger partial charge on any atom is -0.382 e. The summed E-state index contributed by atoms with van der Waals surface area (Å²) in [5.74, 6) is 0.490. The van der Waals surface area contributed by atoms with Crippen molar-refractivity contribution in [1.29, 1.82) is 0 Å². The van der Waals surface area contributed by atoms with Crippen LogP contribution >= 0.6 is 11.6 Å². The fourth-order valence-electron chi connectivity index (χ4n) is 1.21. The topological polar surface area (TPSA) is 98.0 Å². The third kappa shape index (κ3) is 3.82. The number of anilines is 2. The van der Waals surface area contributed by atoms with E-state index >= 15 is 0 Å². The van der Waals surface area contributed by atoms with Gasteiger partial charge in [0.15, 0.2) is 5.82 Å². The number of halogens is 1. The molecule has 0 fully saturated rings. The van der Waals surface area contributed by atoms with Gasteiger partial charge in [0.25, 0.3) is 0 Å². The predicted octanol–water partition coefficient (Wildman–Crippen LogP) is 0.557. The average Bonchev–Trinajstić information content (AvgIpc) is 2.09. The lowest BCUT2D eigenvalue weighted by Crippen LogP contribution is -2.25. The second-order valence-electron chi connectivity index (χ2n) is 3.56. The highest BCUT2D eigenvalue weighted by atomic mass is 35.5. The van der Waals surface area contributed by atoms with Gasteiger partial charge in [-0.3, -0.25) is 0 Å². The van der Waals surface area contributed by atoms with Crippen LogP contribution in [0.25, 0.3) is 0 Å². The number of hydrogen-bond acceptors (Lipinski definition) is 6. The van der Waals surface area contributed by atoms with E-state index in [2.05, 4.69) is 15.3 Å². The van der Waals surface area contributed by atoms with Crippen molar-refractivity contribution in [3.05, 3.63) is 11.3 Å². The Morgan fingerprint density at radius 1 is 1.56 bits per heavy atom. The Morgan fingerprint density at radius 2 is 2.19 bits per heavy atom. The Labute approximate surface area is 99.1 Å². The van der Waals surface area contributed by atoms with Crippen LogP contribution in [0.2, 0.25) is 5.02 Å². The Hall–Kier alpha value is -1.08. The molecule has 1 aromatic rings. The zero-order chi connectivity index (χ0) is 12.3. The van der Waals surface area contributed by atoms with Gasteiger partial charge in [-0.05, 0) is 6.92 Å². The van der Waals surface area contributed by atoms with E-state index in [1.165, 1.54) is 12.6 Å². The summed E-state index contributed by atoms with van der Waals surface area (Å²) in [5, 5.41) is 3.06. The van der Waals surface area contributed by atoms with Gasteiger partial charge in [-0.2, -0.15) is 0 Å². The van der Waals surface area contributed by atoms with Crippen LogP contribution < -0.4 is 11.1 Å². The molecule has 0 aliphatic heterocycles. The van der Waals surface area contributed by atoms with E-state index in [1.54, 1.807) is 6.92 Å². The van der Waals surface area contributed by atoms with Crippen molar-refractivity contribution >= 4 is 33.1 Å². The number of nitrogen functional groups attached to an aromatic ring is 1. The second-order valence-corrected chi connectivity index (χ2v) is 6.12. The maximum absolute atomic E-state index is 11.1. The standard InChI is InChI=1S/C8H13ClN4O2S/c1-5(3-16(2,14)15)13-8-6(9)7(10)11-4-12-8/h4-5H,3H2,1-2H3,(H3,10,11,12,13). The van der Waals surface area contributed by atoms with Crippen LogP contribution in [0.15, 0.2) is 6.33 Å². The second kappa shape index (κ2) is 4.84. The third-order valence-corrected chi connectivity index (χ3v) is 3.23. The predicted molar refractivity (Wildman–Crippen MR) is 64.2 cm³/mol. The molecular weight excluding hydrogens is 252 g/mol. The lowest BCUT2D eigenvalue weighted by molar-refractivity contribution is 0.598. The molecule has 0 radical (unpaired) electrons. The van der Waals surface area contributed by atoms with Gasteiger partial charge in [0.1, 0.15) is 27.0 Å². The highest BCUT2D eigenvalue weighted by Gasteiger charge is 2.13. The first-order valence-electron chi connectivity index (χ1n) is 4.50. The summed E-state index contributed by atoms with van der Waals surface area (Å²) in [7, 11) is -3.05. The zero-order valence-electron chi connectivity index (χ0n) is 8.94. The molecule has 0 bridgehead atoms. The average molecular weight is 265 g/mol. The van der Waals surface area contributed by atoms with E-state index in [1.807, 2.05) is 0 Å². The number of aromatic nitrogens is 2. The summed E-state index contributed by atoms with van der Waals surface area (Å²) in [6.07, 6.45) is 2.43. The molecule has 0 saturated heterocycles. The van der Waals surface area contributed by atoms with Crippen molar-refractivity contribution in [2.45, 2.75) is 13.0 Å². The third-order valence-electron chi connectivity index (χ3n) is 1.75. The Morgan fingerprint density at radius 3 is 2.75 bits per heavy atom. The van der Waals surface area contributed by atoms with Gasteiger partial charge < -0.3 is 11.1 Å². The zero-order valence-corrected chi connectivity index (χ0v) is 10.5. The monoisotopic (exact) mass is 264 g/mol. The largest absolute Gasteiger partial charge is 0.382 e. The molecule has 0 aliphatic rings. The van der Waals surface area contributed by atoms with E-state index in [0.29, 0.717) is 5.82 Å². The molecule has 1 atom stereocenters. The summed E-state index contributed by atoms with van der Waals surface area (Å²) >= 11 is 5.85. The highest BCUT2D eigenvalue weighted by molar-refractivity contribution is 7.90. The molecule has 1 aromatic heterocycles. The molecule has 0 saturated carbocycles. The summed E-state index contributed by atoms with van der Waals surface area (Å²) in [4.78, 5) is 7.58. The van der Waals surface area contributed by atoms with Gasteiger partial charge in [0.2, 0.25) is 0 Å². The number of nitrogens with zero attached hydrogens (tertiary/aromatic N) is 2. The van der Waals surface area contributed by atoms with Crippen LogP contribution in [-0.2, 0) is 9.84 Å². The number of nitrogens with two attached hydrogens (primary N) is 1. The van der Waals surface area contributed by atoms with Gasteiger partial charge in [-0.15, -0.1) is 0 Å². The van der Waals surface area contributed by atoms with Crippen molar-refractivity contribution in [2.75, 3.05) is 23.1 Å². The maximum atomic E-state index is 11.1. The molecule has 90 valence electrons. The molecule has 3 N–H and O–H groups in total. The van der Waals surface area contributed by atoms with E-state index in [4.69, 9.17) is 17.3 Å². The molecule has 0 spiro atoms. The molecule has 1 unspecified atom stereocenters. The number of rotatable bonds is 4. The van der Waals surface area contributed by atoms with Crippen molar-refractivity contribution < 1.29 is 8.42 Å². The lowest BCUT2D eigenvalue weighted by atomic mass is 10.4. The van der Waals surface area contributed by atoms with E-state index in [0.717, 1.165) is 0 Å². The molecule has 0 aliphatic carbocycles. The van der Waals surface area contributed by atoms with Gasteiger partial charge in [0.05, 0.1) is 5.75 Å². The fraction of sp³-hybridized carbons (Fsp3) is 0.500. The highest BCUT2D eigenvalue weighted by Crippen LogP contribution is 2.23. The molecular formula is C8H13ClN4O2S. The van der Waals surface area contributed by atoms with Gasteiger partial charge in [-0.1, -0.05) is 11.6 Å². The molecule has 8 heteroatoms. The summed E-state index contributed by atoms with van der Waals surface area (Å²) in [6.45, 7) is 1.72. The first-order valence-corrected chi connectivity index (χ1v) is 6.93. The van der Waals surface area contributed by atoms with Crippen LogP contribution in [0.3, 0.4) is 0 Å². The first-order chi connectivity index (χ1) is 7.29. The van der Waals surface area contributed by atoms with E-state index in [9.17, 15) is 8.42 Å². The van der Waals surface area contributed by atoms with E-state index in [-0.39, 0.29) is 22.6 Å². The Bertz CT molecular complexity index is 477. The molecule has 6 nitrogen and oxygen atoms in total. The fourth-order valence-corrected chi connectivity index (χ4v) is 2.36. The first kappa shape index (κ1) is 13.0. The van der Waals surface area contributed by atoms with Crippen molar-refractivity contribution in [3.8, 4) is 0 Å². The van der Waals surface area contributed by atoms with Crippen molar-refractivity contribution in [2.24, 2.45) is 0 Å². The lowest BCUT2D eigenvalue weighted by Gasteiger charge is -2.14. The molecule has 16 heavy (non-hydrogen) atoms. The number of sulfone groups is 1. The molecule has 1 rings (SSSR count). The Balaban J connectivity index is 2.77. The number of nitrogens with one attached hydrogen (secondary N) is 1. The van der Waals surface area contributed by atoms with Crippen LogP contribution in [0, 0.1) is 0 Å². The van der Waals surface area contributed by atoms with Crippen molar-refractivity contribution in [3.63, 3.8) is 0 Å². The summed E-state index contributed by atoms with van der Waals surface area (Å²) in [6, 6.07) is -0.304. The van der Waals surface area contributed by atoms with Crippen LogP contribution in [0.5, 0.6) is 0 Å². The molecule has 0 amide bonds. The summed E-state index contributed by atoms with van der Waals surface area (Å²) < 4.78 is 22.1. The quantitative estimate of drug-likeness (QED) is 0.824. The molecule has 1 heterocycles. The minimum atomic E-state index is -3.05. The van der Waals surface area contributed by atoms with Crippen LogP contribution in [-0.4, -0.2) is 36.4 Å². The van der Waals surface area contributed by atoms with Crippen molar-refractivity contribution in [1.82, 2.24) is 9.97 Å². The smallest absolute Gasteiger partial charge is 0.150 e. The van der Waals surface area contributed by atoms with Gasteiger partial charge in [-0.25, -0.2) is 18.4 Å². The number of hydrogen-bond donors (Lipinski definition) is 2. The summed E-state index contributed by atoms with van der Waals surface area (Å²) in [5.41, 5.74) is 5.48. The minimum absolute atomic E-state index is 0.00671. The van der Waals surface area contributed by atoms with E-state index < -0.39 is 9.84 Å². The van der Waals surface area contributed by atoms with Crippen LogP contribution in [0.1, 0.15) is 6.92 Å². The van der Waals surface area contributed by atoms with Gasteiger partial charge >= 0.3 is 0 Å². The normalized spacial score (nSPS) is 13.4. The van der Waals surface area contributed by atoms with Crippen LogP contribution in [0.4, 0.5) is 11.6 Å². The van der Waals surface area contributed by atoms with Gasteiger partial charge in [0, 0.05) is 12.3 Å². The Kier molecular flexibility index (Phi) is 3.93. The SMILES string of the molecule is CC(CS(C)(=O)=O)Nc1ncnc(N)c1Cl.